The molecule has 0 N–H and O–H groups in total. The van der Waals surface area contributed by atoms with Gasteiger partial charge in [-0.2, -0.15) is 0 Å². The zero-order chi connectivity index (χ0) is 13.1. The molecule has 0 unspecified atom stereocenters. The molecule has 0 aliphatic carbocycles. The lowest BCUT2D eigenvalue weighted by atomic mass is 10.1. The van der Waals surface area contributed by atoms with Crippen LogP contribution in [0.5, 0.6) is 5.75 Å². The molecule has 0 atom stereocenters. The number of carbonyl (C=O) groups excluding carboxylic acids is 1. The third-order valence-electron chi connectivity index (χ3n) is 1.87. The fourth-order valence-electron chi connectivity index (χ4n) is 1.16. The SMILES string of the molecule is C=C(C(=O)OC)c1ccccc1OC(F)(F)F. The lowest BCUT2D eigenvalue weighted by Gasteiger charge is -2.13. The van der Waals surface area contributed by atoms with Gasteiger partial charge in [0.25, 0.3) is 0 Å². The summed E-state index contributed by atoms with van der Waals surface area (Å²) in [5.74, 6) is -1.31. The van der Waals surface area contributed by atoms with Gasteiger partial charge >= 0.3 is 12.3 Å². The Labute approximate surface area is 95.5 Å². The molecule has 0 amide bonds. The first-order valence-electron chi connectivity index (χ1n) is 4.47. The summed E-state index contributed by atoms with van der Waals surface area (Å²) in [7, 11) is 1.11. The summed E-state index contributed by atoms with van der Waals surface area (Å²) >= 11 is 0. The van der Waals surface area contributed by atoms with Crippen LogP contribution in [0, 0.1) is 0 Å². The molecule has 0 fully saturated rings. The average Bonchev–Trinajstić information content (AvgIpc) is 2.25. The first-order chi connectivity index (χ1) is 7.85. The van der Waals surface area contributed by atoms with E-state index in [1.54, 1.807) is 0 Å². The van der Waals surface area contributed by atoms with E-state index in [0.29, 0.717) is 0 Å². The van der Waals surface area contributed by atoms with Crippen molar-refractivity contribution in [2.45, 2.75) is 6.36 Å². The van der Waals surface area contributed by atoms with Gasteiger partial charge in [-0.25, -0.2) is 4.79 Å². The van der Waals surface area contributed by atoms with E-state index in [1.807, 2.05) is 0 Å². The molecule has 6 heteroatoms. The molecular weight excluding hydrogens is 237 g/mol. The monoisotopic (exact) mass is 246 g/mol. The normalized spacial score (nSPS) is 10.8. The Morgan fingerprint density at radius 1 is 1.29 bits per heavy atom. The van der Waals surface area contributed by atoms with Gasteiger partial charge in [0.2, 0.25) is 0 Å². The predicted octanol–water partition coefficient (Wildman–Crippen LogP) is 2.77. The van der Waals surface area contributed by atoms with Gasteiger partial charge < -0.3 is 9.47 Å². The van der Waals surface area contributed by atoms with Crippen LogP contribution < -0.4 is 4.74 Å². The molecule has 1 rings (SSSR count). The van der Waals surface area contributed by atoms with Gasteiger partial charge in [0.1, 0.15) is 5.75 Å². The van der Waals surface area contributed by atoms with Gasteiger partial charge in [-0.15, -0.1) is 13.2 Å². The van der Waals surface area contributed by atoms with Gasteiger partial charge in [-0.3, -0.25) is 0 Å². The van der Waals surface area contributed by atoms with Crippen LogP contribution in [0.15, 0.2) is 30.8 Å². The Hall–Kier alpha value is -1.98. The van der Waals surface area contributed by atoms with E-state index in [1.165, 1.54) is 18.2 Å². The Kier molecular flexibility index (Phi) is 3.77. The predicted molar refractivity (Wildman–Crippen MR) is 54.2 cm³/mol. The average molecular weight is 246 g/mol. The zero-order valence-corrected chi connectivity index (χ0v) is 8.88. The summed E-state index contributed by atoms with van der Waals surface area (Å²) < 4.78 is 44.5. The van der Waals surface area contributed by atoms with Crippen LogP contribution in [0.2, 0.25) is 0 Å². The van der Waals surface area contributed by atoms with E-state index in [4.69, 9.17) is 0 Å². The second kappa shape index (κ2) is 4.90. The van der Waals surface area contributed by atoms with Crippen molar-refractivity contribution < 1.29 is 27.4 Å². The van der Waals surface area contributed by atoms with Crippen molar-refractivity contribution in [2.24, 2.45) is 0 Å². The van der Waals surface area contributed by atoms with Crippen molar-refractivity contribution >= 4 is 11.5 Å². The lowest BCUT2D eigenvalue weighted by molar-refractivity contribution is -0.274. The number of methoxy groups -OCH3 is 1. The Bertz CT molecular complexity index is 438. The number of halogens is 3. The van der Waals surface area contributed by atoms with E-state index in [-0.39, 0.29) is 11.1 Å². The summed E-state index contributed by atoms with van der Waals surface area (Å²) in [5.41, 5.74) is -0.260. The smallest absolute Gasteiger partial charge is 0.465 e. The minimum Gasteiger partial charge on any atom is -0.465 e. The van der Waals surface area contributed by atoms with Crippen molar-refractivity contribution in [1.82, 2.24) is 0 Å². The molecule has 1 aromatic carbocycles. The van der Waals surface area contributed by atoms with Crippen molar-refractivity contribution in [3.05, 3.63) is 36.4 Å². The minimum atomic E-state index is -4.83. The minimum absolute atomic E-state index is 0.0586. The molecule has 0 aliphatic heterocycles. The number of carbonyl (C=O) groups is 1. The van der Waals surface area contributed by atoms with E-state index in [2.05, 4.69) is 16.1 Å². The van der Waals surface area contributed by atoms with Gasteiger partial charge in [0, 0.05) is 5.56 Å². The lowest BCUT2D eigenvalue weighted by Crippen LogP contribution is -2.18. The van der Waals surface area contributed by atoms with Crippen molar-refractivity contribution in [1.29, 1.82) is 0 Å². The highest BCUT2D eigenvalue weighted by Gasteiger charge is 2.32. The maximum Gasteiger partial charge on any atom is 0.573 e. The number of esters is 1. The molecular formula is C11H9F3O3. The molecule has 0 radical (unpaired) electrons. The van der Waals surface area contributed by atoms with Crippen LogP contribution >= 0.6 is 0 Å². The van der Waals surface area contributed by atoms with E-state index in [0.717, 1.165) is 13.2 Å². The van der Waals surface area contributed by atoms with Gasteiger partial charge in [0.15, 0.2) is 0 Å². The zero-order valence-electron chi connectivity index (χ0n) is 8.88. The van der Waals surface area contributed by atoms with Gasteiger partial charge in [-0.1, -0.05) is 24.8 Å². The number of ether oxygens (including phenoxy) is 2. The topological polar surface area (TPSA) is 35.5 Å². The first-order valence-corrected chi connectivity index (χ1v) is 4.47. The highest BCUT2D eigenvalue weighted by atomic mass is 19.4. The number of benzene rings is 1. The summed E-state index contributed by atoms with van der Waals surface area (Å²) in [6.07, 6.45) is -4.83. The second-order valence-corrected chi connectivity index (χ2v) is 3.01. The summed E-state index contributed by atoms with van der Waals surface area (Å²) in [6.45, 7) is 3.36. The molecule has 0 bridgehead atoms. The third kappa shape index (κ3) is 3.51. The van der Waals surface area contributed by atoms with Crippen LogP contribution in [-0.2, 0) is 9.53 Å². The quantitative estimate of drug-likeness (QED) is 0.607. The summed E-state index contributed by atoms with van der Waals surface area (Å²) in [6, 6.07) is 5.21. The van der Waals surface area contributed by atoms with Crippen LogP contribution in [0.25, 0.3) is 5.57 Å². The molecule has 3 nitrogen and oxygen atoms in total. The van der Waals surface area contributed by atoms with E-state index >= 15 is 0 Å². The maximum absolute atomic E-state index is 12.1. The number of rotatable bonds is 3. The molecule has 0 heterocycles. The molecule has 0 saturated carbocycles. The Balaban J connectivity index is 3.08. The largest absolute Gasteiger partial charge is 0.573 e. The fourth-order valence-corrected chi connectivity index (χ4v) is 1.16. The van der Waals surface area contributed by atoms with E-state index < -0.39 is 18.1 Å². The molecule has 92 valence electrons. The highest BCUT2D eigenvalue weighted by Crippen LogP contribution is 2.30. The first kappa shape index (κ1) is 13.1. The fraction of sp³-hybridized carbons (Fsp3) is 0.182. The highest BCUT2D eigenvalue weighted by molar-refractivity contribution is 6.16. The van der Waals surface area contributed by atoms with E-state index in [9.17, 15) is 18.0 Å². The second-order valence-electron chi connectivity index (χ2n) is 3.01. The molecule has 0 saturated heterocycles. The number of para-hydroxylation sites is 1. The number of hydrogen-bond acceptors (Lipinski definition) is 3. The van der Waals surface area contributed by atoms with Crippen molar-refractivity contribution in [3.8, 4) is 5.75 Å². The van der Waals surface area contributed by atoms with Crippen LogP contribution in [0.4, 0.5) is 13.2 Å². The molecule has 0 aliphatic rings. The maximum atomic E-state index is 12.1. The Morgan fingerprint density at radius 3 is 2.41 bits per heavy atom. The number of alkyl halides is 3. The van der Waals surface area contributed by atoms with Gasteiger partial charge in [0.05, 0.1) is 12.7 Å². The van der Waals surface area contributed by atoms with Gasteiger partial charge in [-0.05, 0) is 6.07 Å². The van der Waals surface area contributed by atoms with Crippen molar-refractivity contribution in [3.63, 3.8) is 0 Å². The van der Waals surface area contributed by atoms with Crippen LogP contribution in [0.1, 0.15) is 5.56 Å². The van der Waals surface area contributed by atoms with Crippen LogP contribution in [0.3, 0.4) is 0 Å². The molecule has 17 heavy (non-hydrogen) atoms. The standard InChI is InChI=1S/C11H9F3O3/c1-7(10(15)16-2)8-5-3-4-6-9(8)17-11(12,13)14/h3-6H,1H2,2H3. The summed E-state index contributed by atoms with van der Waals surface area (Å²) in [5, 5.41) is 0. The van der Waals surface area contributed by atoms with Crippen LogP contribution in [-0.4, -0.2) is 19.4 Å². The molecule has 0 spiro atoms. The Morgan fingerprint density at radius 2 is 1.88 bits per heavy atom. The molecule has 1 aromatic rings. The molecule has 0 aromatic heterocycles. The summed E-state index contributed by atoms with van der Waals surface area (Å²) in [4.78, 5) is 11.2. The number of hydrogen-bond donors (Lipinski definition) is 0. The van der Waals surface area contributed by atoms with Crippen molar-refractivity contribution in [2.75, 3.05) is 7.11 Å². The third-order valence-corrected chi connectivity index (χ3v) is 1.87.